The normalized spacial score (nSPS) is 14.6. The van der Waals surface area contributed by atoms with Gasteiger partial charge in [0.15, 0.2) is 0 Å². The van der Waals surface area contributed by atoms with Crippen LogP contribution in [0.5, 0.6) is 5.75 Å². The van der Waals surface area contributed by atoms with Crippen LogP contribution in [-0.2, 0) is 21.2 Å². The van der Waals surface area contributed by atoms with Gasteiger partial charge in [0.25, 0.3) is 0 Å². The monoisotopic (exact) mass is 289 g/mol. The fraction of sp³-hybridized carbons (Fsp3) is 0.438. The van der Waals surface area contributed by atoms with Crippen molar-refractivity contribution in [2.45, 2.75) is 39.3 Å². The molecule has 1 aliphatic carbocycles. The number of esters is 1. The van der Waals surface area contributed by atoms with Crippen molar-refractivity contribution < 1.29 is 19.3 Å². The molecule has 1 aromatic heterocycles. The van der Waals surface area contributed by atoms with Gasteiger partial charge in [0, 0.05) is 24.5 Å². The molecule has 112 valence electrons. The number of hydrogen-bond donors (Lipinski definition) is 0. The smallest absolute Gasteiger partial charge is 0.308 e. The Labute approximate surface area is 123 Å². The maximum atomic E-state index is 11.3. The van der Waals surface area contributed by atoms with E-state index in [4.69, 9.17) is 14.5 Å². The van der Waals surface area contributed by atoms with Crippen LogP contribution in [0.3, 0.4) is 0 Å². The lowest BCUT2D eigenvalue weighted by Gasteiger charge is -2.10. The summed E-state index contributed by atoms with van der Waals surface area (Å²) >= 11 is 0. The Hall–Kier alpha value is -1.85. The Kier molecular flexibility index (Phi) is 3.94. The van der Waals surface area contributed by atoms with Gasteiger partial charge in [-0.2, -0.15) is 0 Å². The molecule has 1 fully saturated rings. The van der Waals surface area contributed by atoms with Crippen LogP contribution in [-0.4, -0.2) is 17.1 Å². The molecule has 1 heterocycles. The van der Waals surface area contributed by atoms with Gasteiger partial charge in [-0.3, -0.25) is 4.79 Å². The zero-order valence-electron chi connectivity index (χ0n) is 12.3. The van der Waals surface area contributed by atoms with E-state index in [0.717, 1.165) is 16.5 Å². The Morgan fingerprint density at radius 3 is 2.81 bits per heavy atom. The average molecular weight is 289 g/mol. The van der Waals surface area contributed by atoms with E-state index in [2.05, 4.69) is 16.8 Å². The fourth-order valence-corrected chi connectivity index (χ4v) is 2.47. The lowest BCUT2D eigenvalue weighted by molar-refractivity contribution is -0.300. The third-order valence-electron chi connectivity index (χ3n) is 3.48. The average Bonchev–Trinajstić information content (AvgIpc) is 3.19. The van der Waals surface area contributed by atoms with E-state index in [1.54, 1.807) is 0 Å². The third-order valence-corrected chi connectivity index (χ3v) is 3.48. The number of rotatable bonds is 6. The van der Waals surface area contributed by atoms with Crippen molar-refractivity contribution in [3.05, 3.63) is 30.0 Å². The van der Waals surface area contributed by atoms with Gasteiger partial charge >= 0.3 is 5.97 Å². The van der Waals surface area contributed by atoms with Crippen LogP contribution < -0.4 is 4.74 Å². The summed E-state index contributed by atoms with van der Waals surface area (Å²) in [5.74, 6) is 0.257. The van der Waals surface area contributed by atoms with Crippen LogP contribution in [0.2, 0.25) is 0 Å². The summed E-state index contributed by atoms with van der Waals surface area (Å²) in [4.78, 5) is 21.3. The van der Waals surface area contributed by atoms with E-state index in [9.17, 15) is 4.79 Å². The van der Waals surface area contributed by atoms with Crippen molar-refractivity contribution in [3.63, 3.8) is 0 Å². The number of carbonyl (C=O) groups is 1. The Balaban J connectivity index is 1.98. The van der Waals surface area contributed by atoms with Crippen LogP contribution >= 0.6 is 0 Å². The molecule has 0 N–H and O–H groups in total. The van der Waals surface area contributed by atoms with Crippen molar-refractivity contribution in [2.24, 2.45) is 0 Å². The number of aromatic nitrogens is 1. The molecule has 0 aliphatic heterocycles. The summed E-state index contributed by atoms with van der Waals surface area (Å²) in [6.07, 6.45) is 4.46. The molecule has 0 unspecified atom stereocenters. The second-order valence-corrected chi connectivity index (χ2v) is 5.24. The summed E-state index contributed by atoms with van der Waals surface area (Å²) in [6.45, 7) is 4.10. The van der Waals surface area contributed by atoms with E-state index in [-0.39, 0.29) is 5.97 Å². The molecule has 1 aromatic carbocycles. The maximum Gasteiger partial charge on any atom is 0.308 e. The first kappa shape index (κ1) is 14.1. The molecular formula is C16H19NO4. The van der Waals surface area contributed by atoms with Gasteiger partial charge in [-0.25, -0.2) is 9.78 Å². The minimum Gasteiger partial charge on any atom is -0.426 e. The zero-order chi connectivity index (χ0) is 14.8. The highest BCUT2D eigenvalue weighted by atomic mass is 17.2. The highest BCUT2D eigenvalue weighted by Gasteiger charge is 2.25. The molecule has 1 saturated carbocycles. The molecule has 5 nitrogen and oxygen atoms in total. The molecule has 3 rings (SSSR count). The Morgan fingerprint density at radius 1 is 1.33 bits per heavy atom. The van der Waals surface area contributed by atoms with Gasteiger partial charge in [0.05, 0.1) is 12.1 Å². The second-order valence-electron chi connectivity index (χ2n) is 5.24. The van der Waals surface area contributed by atoms with Crippen molar-refractivity contribution >= 4 is 16.9 Å². The molecule has 0 amide bonds. The number of ether oxygens (including phenoxy) is 1. The lowest BCUT2D eigenvalue weighted by atomic mass is 10.1. The molecule has 5 heteroatoms. The van der Waals surface area contributed by atoms with Gasteiger partial charge < -0.3 is 9.30 Å². The topological polar surface area (TPSA) is 49.7 Å². The highest BCUT2D eigenvalue weighted by Crippen LogP contribution is 2.40. The summed E-state index contributed by atoms with van der Waals surface area (Å²) in [5, 5.41) is 0.956. The van der Waals surface area contributed by atoms with Crippen LogP contribution in [0.15, 0.2) is 24.4 Å². The van der Waals surface area contributed by atoms with Gasteiger partial charge in [-0.1, -0.05) is 0 Å². The van der Waals surface area contributed by atoms with E-state index >= 15 is 0 Å². The number of hydrogen-bond acceptors (Lipinski definition) is 4. The molecule has 0 radical (unpaired) electrons. The van der Waals surface area contributed by atoms with Crippen LogP contribution in [0.1, 0.15) is 38.3 Å². The van der Waals surface area contributed by atoms with E-state index in [1.165, 1.54) is 19.8 Å². The summed E-state index contributed by atoms with van der Waals surface area (Å²) < 4.78 is 7.58. The van der Waals surface area contributed by atoms with Gasteiger partial charge in [-0.05, 0) is 43.5 Å². The summed E-state index contributed by atoms with van der Waals surface area (Å²) in [7, 11) is 0. The van der Waals surface area contributed by atoms with Crippen molar-refractivity contribution in [3.8, 4) is 5.75 Å². The van der Waals surface area contributed by atoms with Gasteiger partial charge in [0.2, 0.25) is 0 Å². The van der Waals surface area contributed by atoms with Crippen LogP contribution in [0.4, 0.5) is 0 Å². The Bertz CT molecular complexity index is 658. The molecule has 1 aliphatic rings. The van der Waals surface area contributed by atoms with Gasteiger partial charge in [-0.15, -0.1) is 0 Å². The van der Waals surface area contributed by atoms with Crippen LogP contribution in [0.25, 0.3) is 10.9 Å². The zero-order valence-corrected chi connectivity index (χ0v) is 12.3. The minimum absolute atomic E-state index is 0.321. The molecular weight excluding hydrogens is 270 g/mol. The SMILES string of the molecule is CCOOCc1cc(OC(C)=O)c2ccn(C3CC3)c2c1. The first-order valence-corrected chi connectivity index (χ1v) is 7.25. The minimum atomic E-state index is -0.321. The standard InChI is InChI=1S/C16H19NO4/c1-3-19-20-10-12-8-15-14(16(9-12)21-11(2)18)6-7-17(15)13-4-5-13/h6-9,13H,3-5,10H2,1-2H3. The van der Waals surface area contributed by atoms with Crippen molar-refractivity contribution in [1.29, 1.82) is 0 Å². The third kappa shape index (κ3) is 3.09. The van der Waals surface area contributed by atoms with Crippen LogP contribution in [0, 0.1) is 0 Å². The number of fused-ring (bicyclic) bond motifs is 1. The predicted octanol–water partition coefficient (Wildman–Crippen LogP) is 3.37. The molecule has 0 spiro atoms. The Morgan fingerprint density at radius 2 is 2.14 bits per heavy atom. The molecule has 21 heavy (non-hydrogen) atoms. The predicted molar refractivity (Wildman–Crippen MR) is 77.9 cm³/mol. The molecule has 2 aromatic rings. The largest absolute Gasteiger partial charge is 0.426 e. The van der Waals surface area contributed by atoms with E-state index < -0.39 is 0 Å². The highest BCUT2D eigenvalue weighted by molar-refractivity contribution is 5.89. The first-order valence-electron chi connectivity index (χ1n) is 7.25. The van der Waals surface area contributed by atoms with E-state index in [0.29, 0.717) is 25.0 Å². The second kappa shape index (κ2) is 5.87. The molecule has 0 saturated heterocycles. The quantitative estimate of drug-likeness (QED) is 0.269. The summed E-state index contributed by atoms with van der Waals surface area (Å²) in [5.41, 5.74) is 2.00. The van der Waals surface area contributed by atoms with E-state index in [1.807, 2.05) is 19.1 Å². The van der Waals surface area contributed by atoms with Crippen molar-refractivity contribution in [2.75, 3.05) is 6.61 Å². The lowest BCUT2D eigenvalue weighted by Crippen LogP contribution is -2.03. The first-order chi connectivity index (χ1) is 10.2. The fourth-order valence-electron chi connectivity index (χ4n) is 2.47. The number of carbonyl (C=O) groups excluding carboxylic acids is 1. The summed E-state index contributed by atoms with van der Waals surface area (Å²) in [6, 6.07) is 6.47. The number of nitrogens with zero attached hydrogens (tertiary/aromatic N) is 1. The molecule has 0 atom stereocenters. The molecule has 0 bridgehead atoms. The van der Waals surface area contributed by atoms with Crippen molar-refractivity contribution in [1.82, 2.24) is 4.57 Å². The number of benzene rings is 1. The maximum absolute atomic E-state index is 11.3. The van der Waals surface area contributed by atoms with Gasteiger partial charge in [0.1, 0.15) is 12.4 Å².